The molecule has 1 aromatic heterocycles. The van der Waals surface area contributed by atoms with Gasteiger partial charge < -0.3 is 9.73 Å². The van der Waals surface area contributed by atoms with E-state index in [0.29, 0.717) is 5.89 Å². The summed E-state index contributed by atoms with van der Waals surface area (Å²) in [6.45, 7) is 2.02. The third-order valence-electron chi connectivity index (χ3n) is 3.99. The third-order valence-corrected chi connectivity index (χ3v) is 3.99. The van der Waals surface area contributed by atoms with Gasteiger partial charge >= 0.3 is 0 Å². The first-order valence-electron chi connectivity index (χ1n) is 8.34. The number of hydrogen-bond donors (Lipinski definition) is 1. The van der Waals surface area contributed by atoms with E-state index in [1.807, 2.05) is 31.2 Å². The number of oxazole rings is 1. The van der Waals surface area contributed by atoms with Crippen LogP contribution in [0.1, 0.15) is 24.8 Å². The quantitative estimate of drug-likeness (QED) is 0.693. The lowest BCUT2D eigenvalue weighted by atomic mass is 10.1. The molecule has 0 aliphatic heterocycles. The van der Waals surface area contributed by atoms with Gasteiger partial charge in [0.2, 0.25) is 5.91 Å². The molecule has 3 aromatic rings. The van der Waals surface area contributed by atoms with E-state index >= 15 is 0 Å². The second-order valence-corrected chi connectivity index (χ2v) is 5.80. The van der Waals surface area contributed by atoms with Crippen molar-refractivity contribution in [2.75, 3.05) is 5.32 Å². The average molecular weight is 356 g/mol. The van der Waals surface area contributed by atoms with Crippen molar-refractivity contribution < 1.29 is 18.0 Å². The van der Waals surface area contributed by atoms with Gasteiger partial charge in [0.05, 0.1) is 11.8 Å². The fourth-order valence-electron chi connectivity index (χ4n) is 2.62. The predicted octanol–water partition coefficient (Wildman–Crippen LogP) is 4.75. The first-order chi connectivity index (χ1) is 12.6. The number of aromatic nitrogens is 1. The highest BCUT2D eigenvalue weighted by Crippen LogP contribution is 2.24. The summed E-state index contributed by atoms with van der Waals surface area (Å²) in [5.41, 5.74) is 1.99. The van der Waals surface area contributed by atoms with Crippen molar-refractivity contribution in [2.45, 2.75) is 26.2 Å². The first-order valence-corrected chi connectivity index (χ1v) is 8.34. The maximum atomic E-state index is 13.8. The Hall–Kier alpha value is -3.02. The summed E-state index contributed by atoms with van der Waals surface area (Å²) in [5.74, 6) is -1.01. The van der Waals surface area contributed by atoms with Crippen LogP contribution < -0.4 is 5.32 Å². The minimum atomic E-state index is -0.721. The number of hydrogen-bond acceptors (Lipinski definition) is 3. The van der Waals surface area contributed by atoms with E-state index in [0.717, 1.165) is 29.8 Å². The van der Waals surface area contributed by atoms with Crippen LogP contribution in [0, 0.1) is 11.6 Å². The van der Waals surface area contributed by atoms with Crippen molar-refractivity contribution in [3.8, 4) is 11.3 Å². The molecule has 0 fully saturated rings. The SMILES string of the molecule is CCc1ccccc1NC(=O)CCc1ncc(-c2ccc(F)cc2F)o1. The number of carbonyl (C=O) groups excluding carboxylic acids is 1. The highest BCUT2D eigenvalue weighted by atomic mass is 19.1. The topological polar surface area (TPSA) is 55.1 Å². The molecule has 0 bridgehead atoms. The third kappa shape index (κ3) is 4.14. The normalized spacial score (nSPS) is 10.7. The summed E-state index contributed by atoms with van der Waals surface area (Å²) < 4.78 is 32.2. The van der Waals surface area contributed by atoms with Gasteiger partial charge in [-0.25, -0.2) is 13.8 Å². The minimum absolute atomic E-state index is 0.131. The number of aryl methyl sites for hydroxylation is 2. The molecular formula is C20H18F2N2O2. The lowest BCUT2D eigenvalue weighted by Crippen LogP contribution is -2.13. The van der Waals surface area contributed by atoms with Crippen LogP contribution in [0.15, 0.2) is 53.1 Å². The van der Waals surface area contributed by atoms with Crippen LogP contribution in [-0.4, -0.2) is 10.9 Å². The van der Waals surface area contributed by atoms with Gasteiger partial charge in [0.15, 0.2) is 11.7 Å². The van der Waals surface area contributed by atoms with Crippen LogP contribution >= 0.6 is 0 Å². The van der Waals surface area contributed by atoms with Crippen molar-refractivity contribution in [1.29, 1.82) is 0 Å². The van der Waals surface area contributed by atoms with E-state index in [-0.39, 0.29) is 30.1 Å². The van der Waals surface area contributed by atoms with E-state index < -0.39 is 11.6 Å². The molecule has 0 saturated heterocycles. The van der Waals surface area contributed by atoms with Gasteiger partial charge in [-0.2, -0.15) is 0 Å². The maximum absolute atomic E-state index is 13.8. The summed E-state index contributed by atoms with van der Waals surface area (Å²) in [4.78, 5) is 16.2. The van der Waals surface area contributed by atoms with E-state index in [2.05, 4.69) is 10.3 Å². The second-order valence-electron chi connectivity index (χ2n) is 5.80. The smallest absolute Gasteiger partial charge is 0.224 e. The first kappa shape index (κ1) is 17.8. The van der Waals surface area contributed by atoms with Crippen LogP contribution in [-0.2, 0) is 17.6 Å². The summed E-state index contributed by atoms with van der Waals surface area (Å²) in [5, 5.41) is 2.88. The Kier molecular flexibility index (Phi) is 5.41. The van der Waals surface area contributed by atoms with Crippen LogP contribution in [0.2, 0.25) is 0 Å². The van der Waals surface area contributed by atoms with Gasteiger partial charge in [-0.15, -0.1) is 0 Å². The molecule has 6 heteroatoms. The number of carbonyl (C=O) groups is 1. The van der Waals surface area contributed by atoms with E-state index in [4.69, 9.17) is 4.42 Å². The van der Waals surface area contributed by atoms with E-state index in [1.54, 1.807) is 0 Å². The number of amides is 1. The monoisotopic (exact) mass is 356 g/mol. The Bertz CT molecular complexity index is 922. The Morgan fingerprint density at radius 1 is 1.19 bits per heavy atom. The summed E-state index contributed by atoms with van der Waals surface area (Å²) in [6.07, 6.45) is 2.66. The number of anilines is 1. The number of halogens is 2. The van der Waals surface area contributed by atoms with Gasteiger partial charge in [-0.05, 0) is 30.2 Å². The number of rotatable bonds is 6. The molecular weight excluding hydrogens is 338 g/mol. The fraction of sp³-hybridized carbons (Fsp3) is 0.200. The zero-order valence-electron chi connectivity index (χ0n) is 14.3. The van der Waals surface area contributed by atoms with Crippen molar-refractivity contribution in [3.63, 3.8) is 0 Å². The molecule has 1 amide bonds. The second kappa shape index (κ2) is 7.91. The molecule has 0 unspecified atom stereocenters. The number of benzene rings is 2. The van der Waals surface area contributed by atoms with Gasteiger partial charge in [-0.1, -0.05) is 25.1 Å². The molecule has 3 rings (SSSR count). The van der Waals surface area contributed by atoms with Crippen LogP contribution in [0.5, 0.6) is 0 Å². The Morgan fingerprint density at radius 2 is 2.00 bits per heavy atom. The molecule has 2 aromatic carbocycles. The van der Waals surface area contributed by atoms with Gasteiger partial charge in [0.25, 0.3) is 0 Å². The zero-order valence-corrected chi connectivity index (χ0v) is 14.3. The van der Waals surface area contributed by atoms with Gasteiger partial charge in [0, 0.05) is 24.6 Å². The molecule has 0 saturated carbocycles. The van der Waals surface area contributed by atoms with Crippen molar-refractivity contribution in [2.24, 2.45) is 0 Å². The molecule has 134 valence electrons. The highest BCUT2D eigenvalue weighted by molar-refractivity contribution is 5.91. The molecule has 4 nitrogen and oxygen atoms in total. The number of nitrogens with one attached hydrogen (secondary N) is 1. The van der Waals surface area contributed by atoms with Gasteiger partial charge in [-0.3, -0.25) is 4.79 Å². The molecule has 0 aliphatic carbocycles. The lowest BCUT2D eigenvalue weighted by molar-refractivity contribution is -0.116. The van der Waals surface area contributed by atoms with Crippen LogP contribution in [0.25, 0.3) is 11.3 Å². The largest absolute Gasteiger partial charge is 0.441 e. The lowest BCUT2D eigenvalue weighted by Gasteiger charge is -2.08. The average Bonchev–Trinajstić information content (AvgIpc) is 3.09. The summed E-state index contributed by atoms with van der Waals surface area (Å²) in [7, 11) is 0. The molecule has 1 heterocycles. The molecule has 26 heavy (non-hydrogen) atoms. The predicted molar refractivity (Wildman–Crippen MR) is 94.6 cm³/mol. The maximum Gasteiger partial charge on any atom is 0.224 e. The van der Waals surface area contributed by atoms with Crippen molar-refractivity contribution in [1.82, 2.24) is 4.98 Å². The van der Waals surface area contributed by atoms with Crippen LogP contribution in [0.3, 0.4) is 0 Å². The van der Waals surface area contributed by atoms with Gasteiger partial charge in [0.1, 0.15) is 11.6 Å². The highest BCUT2D eigenvalue weighted by Gasteiger charge is 2.13. The summed E-state index contributed by atoms with van der Waals surface area (Å²) in [6, 6.07) is 10.9. The molecule has 0 spiro atoms. The Balaban J connectivity index is 1.62. The zero-order chi connectivity index (χ0) is 18.5. The van der Waals surface area contributed by atoms with Crippen molar-refractivity contribution in [3.05, 3.63) is 71.8 Å². The molecule has 0 aliphatic rings. The molecule has 0 atom stereocenters. The summed E-state index contributed by atoms with van der Waals surface area (Å²) >= 11 is 0. The van der Waals surface area contributed by atoms with E-state index in [1.165, 1.54) is 12.3 Å². The number of para-hydroxylation sites is 1. The Labute approximate surface area is 149 Å². The minimum Gasteiger partial charge on any atom is -0.441 e. The number of nitrogens with zero attached hydrogens (tertiary/aromatic N) is 1. The van der Waals surface area contributed by atoms with Crippen LogP contribution in [0.4, 0.5) is 14.5 Å². The Morgan fingerprint density at radius 3 is 2.77 bits per heavy atom. The standard InChI is InChI=1S/C20H18F2N2O2/c1-2-13-5-3-4-6-17(13)24-19(25)9-10-20-23-12-18(26-20)15-8-7-14(21)11-16(15)22/h3-8,11-12H,2,9-10H2,1H3,(H,24,25). The molecule has 0 radical (unpaired) electrons. The van der Waals surface area contributed by atoms with E-state index in [9.17, 15) is 13.6 Å². The molecule has 1 N–H and O–H groups in total. The van der Waals surface area contributed by atoms with Crippen molar-refractivity contribution >= 4 is 11.6 Å². The fourth-order valence-corrected chi connectivity index (χ4v) is 2.62.